The topological polar surface area (TPSA) is 72.3 Å². The molecule has 0 unspecified atom stereocenters. The Labute approximate surface area is 129 Å². The van der Waals surface area contributed by atoms with E-state index in [1.807, 2.05) is 24.3 Å². The second kappa shape index (κ2) is 6.13. The largest absolute Gasteiger partial charge is 0.478 e. The van der Waals surface area contributed by atoms with Gasteiger partial charge in [-0.15, -0.1) is 0 Å². The van der Waals surface area contributed by atoms with Gasteiger partial charge in [0.15, 0.2) is 0 Å². The number of hydrogen-bond acceptors (Lipinski definition) is 4. The molecule has 2 aromatic rings. The van der Waals surface area contributed by atoms with Crippen molar-refractivity contribution in [1.29, 1.82) is 0 Å². The Morgan fingerprint density at radius 2 is 1.91 bits per heavy atom. The molecule has 0 amide bonds. The summed E-state index contributed by atoms with van der Waals surface area (Å²) in [5, 5.41) is 9.52. The second-order valence-electron chi connectivity index (χ2n) is 5.56. The summed E-state index contributed by atoms with van der Waals surface area (Å²) >= 11 is 0. The van der Waals surface area contributed by atoms with Crippen molar-refractivity contribution in [3.05, 3.63) is 42.7 Å². The van der Waals surface area contributed by atoms with Crippen LogP contribution in [0, 0.1) is 0 Å². The van der Waals surface area contributed by atoms with Crippen LogP contribution in [-0.2, 0) is 4.79 Å². The number of ether oxygens (including phenoxy) is 1. The summed E-state index contributed by atoms with van der Waals surface area (Å²) in [6.07, 6.45) is 7.26. The smallest absolute Gasteiger partial charge is 0.348 e. The summed E-state index contributed by atoms with van der Waals surface area (Å²) in [6, 6.07) is 9.23. The van der Waals surface area contributed by atoms with Crippen LogP contribution >= 0.6 is 0 Å². The van der Waals surface area contributed by atoms with E-state index < -0.39 is 11.6 Å². The lowest BCUT2D eigenvalue weighted by atomic mass is 9.84. The number of rotatable bonds is 4. The molecule has 1 aliphatic rings. The van der Waals surface area contributed by atoms with E-state index in [2.05, 4.69) is 9.97 Å². The molecule has 5 heteroatoms. The van der Waals surface area contributed by atoms with Crippen LogP contribution in [0.25, 0.3) is 11.3 Å². The quantitative estimate of drug-likeness (QED) is 0.937. The summed E-state index contributed by atoms with van der Waals surface area (Å²) < 4.78 is 5.76. The van der Waals surface area contributed by atoms with Crippen LogP contribution in [0.1, 0.15) is 32.1 Å². The first-order chi connectivity index (χ1) is 10.7. The van der Waals surface area contributed by atoms with Crippen LogP contribution in [0.15, 0.2) is 42.7 Å². The van der Waals surface area contributed by atoms with Crippen LogP contribution in [0.5, 0.6) is 5.88 Å². The summed E-state index contributed by atoms with van der Waals surface area (Å²) in [6.45, 7) is 0. The Hall–Kier alpha value is -2.43. The molecule has 1 aliphatic carbocycles. The molecular weight excluding hydrogens is 280 g/mol. The van der Waals surface area contributed by atoms with E-state index in [0.717, 1.165) is 30.5 Å². The van der Waals surface area contributed by atoms with E-state index in [1.54, 1.807) is 18.5 Å². The molecule has 1 N–H and O–H groups in total. The molecule has 0 bridgehead atoms. The fraction of sp³-hybridized carbons (Fsp3) is 0.353. The highest BCUT2D eigenvalue weighted by Gasteiger charge is 2.42. The SMILES string of the molecule is O=C(O)C1(Oc2ccc(-c3ccccn3)cn2)CCCCC1. The first-order valence-corrected chi connectivity index (χ1v) is 7.49. The van der Waals surface area contributed by atoms with Gasteiger partial charge in [-0.1, -0.05) is 12.5 Å². The number of aliphatic carboxylic acids is 1. The molecule has 1 fully saturated rings. The lowest BCUT2D eigenvalue weighted by molar-refractivity contribution is -0.158. The van der Waals surface area contributed by atoms with Gasteiger partial charge >= 0.3 is 5.97 Å². The average molecular weight is 298 g/mol. The van der Waals surface area contributed by atoms with Gasteiger partial charge < -0.3 is 9.84 Å². The predicted molar refractivity (Wildman–Crippen MR) is 81.5 cm³/mol. The van der Waals surface area contributed by atoms with Gasteiger partial charge in [0.2, 0.25) is 11.5 Å². The molecule has 2 heterocycles. The molecule has 1 saturated carbocycles. The molecule has 2 aromatic heterocycles. The number of carboxylic acid groups (broad SMARTS) is 1. The predicted octanol–water partition coefficient (Wildman–Crippen LogP) is 3.31. The molecular formula is C17H18N2O3. The molecule has 0 atom stereocenters. The molecule has 0 aliphatic heterocycles. The minimum Gasteiger partial charge on any atom is -0.478 e. The number of nitrogens with zero attached hydrogens (tertiary/aromatic N) is 2. The number of carbonyl (C=O) groups is 1. The summed E-state index contributed by atoms with van der Waals surface area (Å²) in [4.78, 5) is 20.1. The van der Waals surface area contributed by atoms with Crippen molar-refractivity contribution in [3.63, 3.8) is 0 Å². The van der Waals surface area contributed by atoms with Crippen molar-refractivity contribution in [1.82, 2.24) is 9.97 Å². The second-order valence-corrected chi connectivity index (χ2v) is 5.56. The van der Waals surface area contributed by atoms with Gasteiger partial charge in [-0.3, -0.25) is 4.98 Å². The van der Waals surface area contributed by atoms with Crippen LogP contribution in [0.3, 0.4) is 0 Å². The molecule has 5 nitrogen and oxygen atoms in total. The lowest BCUT2D eigenvalue weighted by Crippen LogP contribution is -2.46. The Kier molecular flexibility index (Phi) is 4.04. The van der Waals surface area contributed by atoms with Crippen molar-refractivity contribution in [3.8, 4) is 17.1 Å². The van der Waals surface area contributed by atoms with Gasteiger partial charge in [0.05, 0.1) is 5.69 Å². The molecule has 0 radical (unpaired) electrons. The number of hydrogen-bond donors (Lipinski definition) is 1. The molecule has 114 valence electrons. The zero-order valence-corrected chi connectivity index (χ0v) is 12.2. The Morgan fingerprint density at radius 1 is 1.09 bits per heavy atom. The maximum Gasteiger partial charge on any atom is 0.348 e. The minimum absolute atomic E-state index is 0.351. The minimum atomic E-state index is -1.13. The average Bonchev–Trinajstić information content (AvgIpc) is 2.57. The van der Waals surface area contributed by atoms with Gasteiger partial charge in [0, 0.05) is 24.0 Å². The van der Waals surface area contributed by atoms with Crippen LogP contribution < -0.4 is 4.74 Å². The Balaban J connectivity index is 1.79. The molecule has 22 heavy (non-hydrogen) atoms. The third kappa shape index (κ3) is 2.93. The zero-order chi connectivity index (χ0) is 15.4. The van der Waals surface area contributed by atoms with Gasteiger partial charge in [-0.2, -0.15) is 0 Å². The number of carboxylic acids is 1. The van der Waals surface area contributed by atoms with Crippen molar-refractivity contribution in [2.45, 2.75) is 37.7 Å². The third-order valence-corrected chi connectivity index (χ3v) is 4.05. The summed E-state index contributed by atoms with van der Waals surface area (Å²) in [7, 11) is 0. The first kappa shape index (κ1) is 14.5. The van der Waals surface area contributed by atoms with Gasteiger partial charge in [-0.05, 0) is 43.9 Å². The number of pyridine rings is 2. The van der Waals surface area contributed by atoms with Crippen LogP contribution in [0.4, 0.5) is 0 Å². The van der Waals surface area contributed by atoms with Gasteiger partial charge in [0.1, 0.15) is 0 Å². The maximum absolute atomic E-state index is 11.6. The van der Waals surface area contributed by atoms with Gasteiger partial charge in [0.25, 0.3) is 0 Å². The van der Waals surface area contributed by atoms with E-state index in [9.17, 15) is 9.90 Å². The van der Waals surface area contributed by atoms with Crippen LogP contribution in [-0.4, -0.2) is 26.6 Å². The number of aromatic nitrogens is 2. The van der Waals surface area contributed by atoms with Crippen molar-refractivity contribution in [2.24, 2.45) is 0 Å². The highest BCUT2D eigenvalue weighted by Crippen LogP contribution is 2.33. The Morgan fingerprint density at radius 3 is 2.50 bits per heavy atom. The summed E-state index contributed by atoms with van der Waals surface area (Å²) in [5.74, 6) is -0.549. The monoisotopic (exact) mass is 298 g/mol. The van der Waals surface area contributed by atoms with Crippen molar-refractivity contribution in [2.75, 3.05) is 0 Å². The maximum atomic E-state index is 11.6. The molecule has 0 saturated heterocycles. The zero-order valence-electron chi connectivity index (χ0n) is 12.2. The van der Waals surface area contributed by atoms with E-state index >= 15 is 0 Å². The van der Waals surface area contributed by atoms with Crippen molar-refractivity contribution >= 4 is 5.97 Å². The standard InChI is InChI=1S/C17H18N2O3/c20-16(21)17(9-3-1-4-10-17)22-15-8-7-13(12-19-15)14-6-2-5-11-18-14/h2,5-8,11-12H,1,3-4,9-10H2,(H,20,21). The Bertz CT molecular complexity index is 635. The van der Waals surface area contributed by atoms with E-state index in [4.69, 9.17) is 4.74 Å². The van der Waals surface area contributed by atoms with E-state index in [1.165, 1.54) is 0 Å². The first-order valence-electron chi connectivity index (χ1n) is 7.49. The van der Waals surface area contributed by atoms with E-state index in [0.29, 0.717) is 18.7 Å². The van der Waals surface area contributed by atoms with Gasteiger partial charge in [-0.25, -0.2) is 9.78 Å². The molecule has 0 spiro atoms. The highest BCUT2D eigenvalue weighted by atomic mass is 16.5. The lowest BCUT2D eigenvalue weighted by Gasteiger charge is -2.33. The van der Waals surface area contributed by atoms with E-state index in [-0.39, 0.29) is 0 Å². The molecule has 3 rings (SSSR count). The van der Waals surface area contributed by atoms with Crippen LogP contribution in [0.2, 0.25) is 0 Å². The fourth-order valence-corrected chi connectivity index (χ4v) is 2.81. The normalized spacial score (nSPS) is 16.9. The third-order valence-electron chi connectivity index (χ3n) is 4.05. The molecule has 0 aromatic carbocycles. The highest BCUT2D eigenvalue weighted by molar-refractivity contribution is 5.78. The summed E-state index contributed by atoms with van der Waals surface area (Å²) in [5.41, 5.74) is 0.575. The fourth-order valence-electron chi connectivity index (χ4n) is 2.81. The van der Waals surface area contributed by atoms with Crippen molar-refractivity contribution < 1.29 is 14.6 Å².